The topological polar surface area (TPSA) is 77.6 Å². The highest BCUT2D eigenvalue weighted by molar-refractivity contribution is 5.77. The number of fused-ring (bicyclic) bond motifs is 3. The predicted molar refractivity (Wildman–Crippen MR) is 116 cm³/mol. The van der Waals surface area contributed by atoms with Crippen molar-refractivity contribution in [2.24, 2.45) is 0 Å². The molecule has 0 atom stereocenters. The van der Waals surface area contributed by atoms with Gasteiger partial charge in [0.2, 0.25) is 5.91 Å². The molecule has 1 amide bonds. The first-order valence-corrected chi connectivity index (χ1v) is 10.00. The Balaban J connectivity index is 1.43. The zero-order chi connectivity index (χ0) is 21.1. The van der Waals surface area contributed by atoms with Crippen LogP contribution >= 0.6 is 0 Å². The van der Waals surface area contributed by atoms with Crippen LogP contribution in [0, 0.1) is 0 Å². The highest BCUT2D eigenvalue weighted by Crippen LogP contribution is 2.14. The van der Waals surface area contributed by atoms with Crippen LogP contribution in [0.2, 0.25) is 0 Å². The number of hydrogen-bond donors (Lipinski definition) is 1. The zero-order valence-electron chi connectivity index (χ0n) is 17.0. The van der Waals surface area contributed by atoms with Gasteiger partial charge in [-0.25, -0.2) is 4.98 Å². The molecule has 0 saturated heterocycles. The van der Waals surface area contributed by atoms with Gasteiger partial charge in [0.05, 0.1) is 11.6 Å². The van der Waals surface area contributed by atoms with Crippen LogP contribution in [-0.2, 0) is 17.9 Å². The van der Waals surface area contributed by atoms with E-state index < -0.39 is 0 Å². The summed E-state index contributed by atoms with van der Waals surface area (Å²) in [5.74, 6) is 0.684. The van der Waals surface area contributed by atoms with Crippen molar-refractivity contribution in [2.45, 2.75) is 39.5 Å². The van der Waals surface area contributed by atoms with E-state index in [9.17, 15) is 9.59 Å². The summed E-state index contributed by atoms with van der Waals surface area (Å²) >= 11 is 0. The molecule has 1 aromatic carbocycles. The molecule has 0 saturated carbocycles. The van der Waals surface area contributed by atoms with Gasteiger partial charge in [0.15, 0.2) is 5.65 Å². The monoisotopic (exact) mass is 404 g/mol. The molecule has 3 aromatic heterocycles. The maximum atomic E-state index is 12.9. The molecule has 0 aliphatic carbocycles. The van der Waals surface area contributed by atoms with Crippen LogP contribution in [0.1, 0.15) is 25.8 Å². The van der Waals surface area contributed by atoms with Gasteiger partial charge in [-0.2, -0.15) is 0 Å². The number of pyridine rings is 1. The molecule has 7 nitrogen and oxygen atoms in total. The van der Waals surface area contributed by atoms with Gasteiger partial charge in [0.1, 0.15) is 11.3 Å². The Labute approximate surface area is 173 Å². The number of amides is 1. The van der Waals surface area contributed by atoms with Crippen molar-refractivity contribution in [3.63, 3.8) is 0 Å². The van der Waals surface area contributed by atoms with E-state index in [2.05, 4.69) is 10.3 Å². The number of benzene rings is 1. The second-order valence-electron chi connectivity index (χ2n) is 7.40. The van der Waals surface area contributed by atoms with Gasteiger partial charge in [-0.15, -0.1) is 0 Å². The van der Waals surface area contributed by atoms with Crippen molar-refractivity contribution in [2.75, 3.05) is 0 Å². The summed E-state index contributed by atoms with van der Waals surface area (Å²) in [6.45, 7) is 4.65. The summed E-state index contributed by atoms with van der Waals surface area (Å²) < 4.78 is 9.03. The fourth-order valence-electron chi connectivity index (χ4n) is 3.45. The number of ether oxygens (including phenoxy) is 1. The fourth-order valence-corrected chi connectivity index (χ4v) is 3.45. The summed E-state index contributed by atoms with van der Waals surface area (Å²) in [5.41, 5.74) is 2.80. The molecular weight excluding hydrogens is 380 g/mol. The van der Waals surface area contributed by atoms with Gasteiger partial charge in [-0.05, 0) is 55.8 Å². The van der Waals surface area contributed by atoms with Gasteiger partial charge in [0, 0.05) is 31.9 Å². The Kier molecular flexibility index (Phi) is 5.52. The van der Waals surface area contributed by atoms with E-state index in [1.807, 2.05) is 66.9 Å². The third kappa shape index (κ3) is 4.05. The van der Waals surface area contributed by atoms with Crippen molar-refractivity contribution in [3.8, 4) is 5.75 Å². The van der Waals surface area contributed by atoms with E-state index in [4.69, 9.17) is 4.74 Å². The largest absolute Gasteiger partial charge is 0.491 e. The summed E-state index contributed by atoms with van der Waals surface area (Å²) in [7, 11) is 0. The Morgan fingerprint density at radius 3 is 2.63 bits per heavy atom. The molecule has 4 rings (SSSR count). The lowest BCUT2D eigenvalue weighted by Gasteiger charge is -2.12. The van der Waals surface area contributed by atoms with Crippen LogP contribution in [0.4, 0.5) is 0 Å². The number of rotatable bonds is 7. The maximum Gasteiger partial charge on any atom is 0.276 e. The Bertz CT molecular complexity index is 1240. The number of hydrogen-bond acceptors (Lipinski definition) is 4. The van der Waals surface area contributed by atoms with Crippen molar-refractivity contribution >= 4 is 22.6 Å². The standard InChI is InChI=1S/C23H24N4O3/c1-16(2)30-18-9-7-17(8-10-18)15-25-21(28)11-14-27-22-19(5-3-12-24-22)26-13-4-6-20(26)23(27)29/h3-10,12-13,16H,11,14-15H2,1-2H3,(H,25,28). The molecule has 30 heavy (non-hydrogen) atoms. The quantitative estimate of drug-likeness (QED) is 0.513. The van der Waals surface area contributed by atoms with Crippen LogP contribution in [0.5, 0.6) is 5.75 Å². The Morgan fingerprint density at radius 1 is 1.10 bits per heavy atom. The second kappa shape index (κ2) is 8.41. The van der Waals surface area contributed by atoms with E-state index in [1.54, 1.807) is 16.8 Å². The molecule has 0 unspecified atom stereocenters. The molecule has 0 aliphatic rings. The molecule has 3 heterocycles. The van der Waals surface area contributed by atoms with Gasteiger partial charge in [-0.1, -0.05) is 12.1 Å². The number of carbonyl (C=O) groups is 1. The van der Waals surface area contributed by atoms with Gasteiger partial charge >= 0.3 is 0 Å². The zero-order valence-corrected chi connectivity index (χ0v) is 17.0. The third-order valence-electron chi connectivity index (χ3n) is 4.84. The van der Waals surface area contributed by atoms with E-state index in [1.165, 1.54) is 0 Å². The lowest BCUT2D eigenvalue weighted by atomic mass is 10.2. The smallest absolute Gasteiger partial charge is 0.276 e. The van der Waals surface area contributed by atoms with Gasteiger partial charge in [0.25, 0.3) is 5.56 Å². The molecular formula is C23H24N4O3. The Hall–Kier alpha value is -3.61. The number of nitrogens with zero attached hydrogens (tertiary/aromatic N) is 3. The molecule has 0 spiro atoms. The molecule has 0 radical (unpaired) electrons. The van der Waals surface area contributed by atoms with Gasteiger partial charge < -0.3 is 14.5 Å². The predicted octanol–water partition coefficient (Wildman–Crippen LogP) is 3.14. The lowest BCUT2D eigenvalue weighted by molar-refractivity contribution is -0.121. The second-order valence-corrected chi connectivity index (χ2v) is 7.40. The number of nitrogens with one attached hydrogen (secondary N) is 1. The maximum absolute atomic E-state index is 12.9. The van der Waals surface area contributed by atoms with Crippen molar-refractivity contribution in [1.29, 1.82) is 0 Å². The molecule has 0 bridgehead atoms. The third-order valence-corrected chi connectivity index (χ3v) is 4.84. The normalized spacial score (nSPS) is 11.3. The summed E-state index contributed by atoms with van der Waals surface area (Å²) in [5, 5.41) is 2.91. The molecule has 4 aromatic rings. The summed E-state index contributed by atoms with van der Waals surface area (Å²) in [4.78, 5) is 29.6. The number of aryl methyl sites for hydroxylation is 1. The minimum Gasteiger partial charge on any atom is -0.491 e. The molecule has 1 N–H and O–H groups in total. The first-order chi connectivity index (χ1) is 14.5. The van der Waals surface area contributed by atoms with Crippen LogP contribution in [0.25, 0.3) is 16.7 Å². The molecule has 7 heteroatoms. The average molecular weight is 404 g/mol. The van der Waals surface area contributed by atoms with Crippen LogP contribution in [0.3, 0.4) is 0 Å². The van der Waals surface area contributed by atoms with E-state index >= 15 is 0 Å². The highest BCUT2D eigenvalue weighted by atomic mass is 16.5. The molecule has 0 fully saturated rings. The van der Waals surface area contributed by atoms with Crippen LogP contribution in [-0.4, -0.2) is 26.0 Å². The number of aromatic nitrogens is 3. The Morgan fingerprint density at radius 2 is 1.87 bits per heavy atom. The summed E-state index contributed by atoms with van der Waals surface area (Å²) in [6.07, 6.45) is 3.81. The first-order valence-electron chi connectivity index (χ1n) is 10.00. The fraction of sp³-hybridized carbons (Fsp3) is 0.261. The van der Waals surface area contributed by atoms with Crippen molar-refractivity contribution < 1.29 is 9.53 Å². The van der Waals surface area contributed by atoms with Gasteiger partial charge in [-0.3, -0.25) is 14.2 Å². The van der Waals surface area contributed by atoms with E-state index in [0.717, 1.165) is 16.8 Å². The average Bonchev–Trinajstić information content (AvgIpc) is 3.23. The highest BCUT2D eigenvalue weighted by Gasteiger charge is 2.12. The van der Waals surface area contributed by atoms with Crippen molar-refractivity contribution in [1.82, 2.24) is 19.3 Å². The minimum atomic E-state index is -0.153. The molecule has 154 valence electrons. The minimum absolute atomic E-state index is 0.121. The number of carbonyl (C=O) groups excluding carboxylic acids is 1. The van der Waals surface area contributed by atoms with Crippen LogP contribution in [0.15, 0.2) is 65.7 Å². The van der Waals surface area contributed by atoms with Crippen molar-refractivity contribution in [3.05, 3.63) is 76.8 Å². The van der Waals surface area contributed by atoms with E-state index in [0.29, 0.717) is 17.7 Å². The van der Waals surface area contributed by atoms with E-state index in [-0.39, 0.29) is 30.5 Å². The lowest BCUT2D eigenvalue weighted by Crippen LogP contribution is -2.28. The van der Waals surface area contributed by atoms with Crippen LogP contribution < -0.4 is 15.6 Å². The molecule has 0 aliphatic heterocycles. The first kappa shape index (κ1) is 19.7. The summed E-state index contributed by atoms with van der Waals surface area (Å²) in [6, 6.07) is 15.0. The SMILES string of the molecule is CC(C)Oc1ccc(CNC(=O)CCn2c(=O)c3cccn3c3cccnc32)cc1.